The van der Waals surface area contributed by atoms with Crippen LogP contribution in [0.5, 0.6) is 0 Å². The topological polar surface area (TPSA) is 38.3 Å². The Hall–Kier alpha value is -1.06. The molecule has 1 aliphatic rings. The van der Waals surface area contributed by atoms with E-state index in [2.05, 4.69) is 19.2 Å². The lowest BCUT2D eigenvalue weighted by molar-refractivity contribution is -0.131. The van der Waals surface area contributed by atoms with Gasteiger partial charge < -0.3 is 10.1 Å². The van der Waals surface area contributed by atoms with Crippen molar-refractivity contribution in [1.82, 2.24) is 5.32 Å². The fourth-order valence-corrected chi connectivity index (χ4v) is 3.09. The second-order valence-electron chi connectivity index (χ2n) is 5.70. The number of carbonyl (C=O) groups is 1. The zero-order chi connectivity index (χ0) is 15.3. The molecule has 0 unspecified atom stereocenters. The molecule has 0 radical (unpaired) electrons. The average Bonchev–Trinajstić information content (AvgIpc) is 2.54. The summed E-state index contributed by atoms with van der Waals surface area (Å²) in [6, 6.07) is 7.78. The fraction of sp³-hybridized carbons (Fsp3) is 0.588. The molecule has 1 fully saturated rings. The van der Waals surface area contributed by atoms with Crippen molar-refractivity contribution < 1.29 is 9.53 Å². The van der Waals surface area contributed by atoms with Crippen molar-refractivity contribution in [2.24, 2.45) is 5.92 Å². The van der Waals surface area contributed by atoms with Gasteiger partial charge in [-0.3, -0.25) is 4.79 Å². The second kappa shape index (κ2) is 7.28. The first kappa shape index (κ1) is 16.3. The number of benzene rings is 1. The van der Waals surface area contributed by atoms with Crippen LogP contribution in [0.3, 0.4) is 0 Å². The summed E-state index contributed by atoms with van der Waals surface area (Å²) >= 11 is 5.97. The Labute approximate surface area is 132 Å². The second-order valence-corrected chi connectivity index (χ2v) is 6.14. The number of rotatable bonds is 5. The summed E-state index contributed by atoms with van der Waals surface area (Å²) in [5.74, 6) is 0.0804. The Morgan fingerprint density at radius 2 is 2.00 bits per heavy atom. The molecule has 1 atom stereocenters. The van der Waals surface area contributed by atoms with Gasteiger partial charge in [0.05, 0.1) is 18.1 Å². The van der Waals surface area contributed by atoms with Crippen molar-refractivity contribution >= 4 is 17.5 Å². The van der Waals surface area contributed by atoms with E-state index in [-0.39, 0.29) is 17.4 Å². The summed E-state index contributed by atoms with van der Waals surface area (Å²) in [4.78, 5) is 12.6. The molecule has 116 valence electrons. The highest BCUT2D eigenvalue weighted by Crippen LogP contribution is 2.30. The van der Waals surface area contributed by atoms with Crippen molar-refractivity contribution in [1.29, 1.82) is 0 Å². The summed E-state index contributed by atoms with van der Waals surface area (Å²) in [5.41, 5.74) is 0.793. The quantitative estimate of drug-likeness (QED) is 0.896. The van der Waals surface area contributed by atoms with Crippen LogP contribution in [0.4, 0.5) is 0 Å². The smallest absolute Gasteiger partial charge is 0.226 e. The maximum atomic E-state index is 12.6. The number of nitrogens with one attached hydrogen (secondary N) is 1. The van der Waals surface area contributed by atoms with Gasteiger partial charge in [0, 0.05) is 11.6 Å². The van der Waals surface area contributed by atoms with Crippen LogP contribution in [0.2, 0.25) is 5.02 Å². The minimum absolute atomic E-state index is 0.0245. The molecule has 0 spiro atoms. The Morgan fingerprint density at radius 3 is 2.52 bits per heavy atom. The van der Waals surface area contributed by atoms with E-state index in [4.69, 9.17) is 16.3 Å². The zero-order valence-corrected chi connectivity index (χ0v) is 13.6. The third kappa shape index (κ3) is 3.78. The maximum Gasteiger partial charge on any atom is 0.226 e. The minimum Gasteiger partial charge on any atom is -0.381 e. The summed E-state index contributed by atoms with van der Waals surface area (Å²) in [5, 5.41) is 3.99. The van der Waals surface area contributed by atoms with E-state index in [0.29, 0.717) is 11.6 Å². The summed E-state index contributed by atoms with van der Waals surface area (Å²) < 4.78 is 5.43. The monoisotopic (exact) mass is 309 g/mol. The summed E-state index contributed by atoms with van der Waals surface area (Å²) in [6.07, 6.45) is 3.58. The van der Waals surface area contributed by atoms with Crippen LogP contribution in [0.1, 0.15) is 45.1 Å². The van der Waals surface area contributed by atoms with Crippen LogP contribution in [0.25, 0.3) is 0 Å². The van der Waals surface area contributed by atoms with Crippen LogP contribution in [0.15, 0.2) is 24.3 Å². The van der Waals surface area contributed by atoms with E-state index in [1.165, 1.54) is 0 Å². The van der Waals surface area contributed by atoms with Crippen LogP contribution in [0, 0.1) is 5.92 Å². The van der Waals surface area contributed by atoms with E-state index >= 15 is 0 Å². The van der Waals surface area contributed by atoms with Crippen molar-refractivity contribution in [2.45, 2.75) is 45.1 Å². The van der Waals surface area contributed by atoms with Gasteiger partial charge in [-0.25, -0.2) is 0 Å². The number of carbonyl (C=O) groups excluding carboxylic acids is 1. The lowest BCUT2D eigenvalue weighted by Gasteiger charge is -2.35. The van der Waals surface area contributed by atoms with E-state index in [9.17, 15) is 4.79 Å². The first-order valence-electron chi connectivity index (χ1n) is 7.77. The Bertz CT molecular complexity index is 462. The fourth-order valence-electron chi connectivity index (χ4n) is 2.96. The number of halogens is 1. The van der Waals surface area contributed by atoms with Gasteiger partial charge in [0.15, 0.2) is 0 Å². The molecule has 1 N–H and O–H groups in total. The number of amides is 1. The standard InChI is InChI=1S/C17H24ClNO2/c1-3-17(4-2,14-7-9-15(18)10-8-14)19-16(20)13-6-5-11-21-12-13/h7-10,13H,3-6,11-12H2,1-2H3,(H,19,20)/t13-/m0/s1. The highest BCUT2D eigenvalue weighted by atomic mass is 35.5. The van der Waals surface area contributed by atoms with Gasteiger partial charge in [-0.15, -0.1) is 0 Å². The Balaban J connectivity index is 2.17. The number of ether oxygens (including phenoxy) is 1. The normalized spacial score (nSPS) is 19.3. The SMILES string of the molecule is CCC(CC)(NC(=O)[C@H]1CCCOC1)c1ccc(Cl)cc1. The average molecular weight is 310 g/mol. The van der Waals surface area contributed by atoms with E-state index in [0.717, 1.165) is 37.9 Å². The molecular formula is C17H24ClNO2. The highest BCUT2D eigenvalue weighted by Gasteiger charge is 2.33. The van der Waals surface area contributed by atoms with E-state index in [1.807, 2.05) is 24.3 Å². The molecular weight excluding hydrogens is 286 g/mol. The predicted octanol–water partition coefficient (Wildman–Crippen LogP) is 3.90. The van der Waals surface area contributed by atoms with Crippen LogP contribution >= 0.6 is 11.6 Å². The highest BCUT2D eigenvalue weighted by molar-refractivity contribution is 6.30. The molecule has 2 rings (SSSR count). The first-order chi connectivity index (χ1) is 10.1. The molecule has 1 saturated heterocycles. The molecule has 4 heteroatoms. The van der Waals surface area contributed by atoms with Gasteiger partial charge in [0.2, 0.25) is 5.91 Å². The van der Waals surface area contributed by atoms with Crippen molar-refractivity contribution in [3.8, 4) is 0 Å². The van der Waals surface area contributed by atoms with Gasteiger partial charge in [0.25, 0.3) is 0 Å². The van der Waals surface area contributed by atoms with Crippen LogP contribution in [-0.2, 0) is 15.1 Å². The predicted molar refractivity (Wildman–Crippen MR) is 85.4 cm³/mol. The third-order valence-corrected chi connectivity index (χ3v) is 4.75. The summed E-state index contributed by atoms with van der Waals surface area (Å²) in [7, 11) is 0. The lowest BCUT2D eigenvalue weighted by Crippen LogP contribution is -2.48. The Kier molecular flexibility index (Phi) is 5.65. The lowest BCUT2D eigenvalue weighted by atomic mass is 9.84. The van der Waals surface area contributed by atoms with Crippen molar-refractivity contribution in [3.05, 3.63) is 34.9 Å². The molecule has 1 heterocycles. The largest absolute Gasteiger partial charge is 0.381 e. The molecule has 0 saturated carbocycles. The minimum atomic E-state index is -0.320. The van der Waals surface area contributed by atoms with E-state index in [1.54, 1.807) is 0 Å². The van der Waals surface area contributed by atoms with Crippen LogP contribution in [-0.4, -0.2) is 19.1 Å². The molecule has 0 aromatic heterocycles. The van der Waals surface area contributed by atoms with Gasteiger partial charge in [0.1, 0.15) is 0 Å². The van der Waals surface area contributed by atoms with Crippen molar-refractivity contribution in [2.75, 3.05) is 13.2 Å². The van der Waals surface area contributed by atoms with Crippen molar-refractivity contribution in [3.63, 3.8) is 0 Å². The molecule has 1 amide bonds. The third-order valence-electron chi connectivity index (χ3n) is 4.50. The molecule has 0 aliphatic carbocycles. The van der Waals surface area contributed by atoms with Gasteiger partial charge in [-0.05, 0) is 43.4 Å². The number of hydrogen-bond donors (Lipinski definition) is 1. The Morgan fingerprint density at radius 1 is 1.33 bits per heavy atom. The first-order valence-corrected chi connectivity index (χ1v) is 8.15. The van der Waals surface area contributed by atoms with Gasteiger partial charge in [-0.1, -0.05) is 37.6 Å². The molecule has 1 aromatic rings. The summed E-state index contributed by atoms with van der Waals surface area (Å²) in [6.45, 7) is 5.52. The number of hydrogen-bond acceptors (Lipinski definition) is 2. The molecule has 3 nitrogen and oxygen atoms in total. The molecule has 1 aromatic carbocycles. The van der Waals surface area contributed by atoms with E-state index < -0.39 is 0 Å². The zero-order valence-electron chi connectivity index (χ0n) is 12.8. The van der Waals surface area contributed by atoms with Gasteiger partial charge >= 0.3 is 0 Å². The molecule has 0 bridgehead atoms. The maximum absolute atomic E-state index is 12.6. The molecule has 1 aliphatic heterocycles. The van der Waals surface area contributed by atoms with Gasteiger partial charge in [-0.2, -0.15) is 0 Å². The van der Waals surface area contributed by atoms with Crippen LogP contribution < -0.4 is 5.32 Å². The molecule has 21 heavy (non-hydrogen) atoms.